The van der Waals surface area contributed by atoms with Crippen molar-refractivity contribution in [3.8, 4) is 0 Å². The minimum Gasteiger partial charge on any atom is -0.314 e. The standard InChI is InChI=1S/C17H34N2/c1-5-15-9-11-19(13-14(2)12-18-15)16-8-6-7-10-17(16,3)4/h14-16,18H,5-13H2,1-4H3. The molecule has 1 saturated heterocycles. The molecule has 3 atom stereocenters. The Labute approximate surface area is 120 Å². The number of nitrogens with one attached hydrogen (secondary N) is 1. The summed E-state index contributed by atoms with van der Waals surface area (Å²) in [6, 6.07) is 1.55. The van der Waals surface area contributed by atoms with Gasteiger partial charge in [0.1, 0.15) is 0 Å². The van der Waals surface area contributed by atoms with Gasteiger partial charge in [0.25, 0.3) is 0 Å². The van der Waals surface area contributed by atoms with E-state index in [4.69, 9.17) is 0 Å². The van der Waals surface area contributed by atoms with Gasteiger partial charge in [-0.1, -0.05) is 40.5 Å². The maximum Gasteiger partial charge on any atom is 0.0146 e. The number of rotatable bonds is 2. The molecule has 1 aliphatic heterocycles. The zero-order chi connectivity index (χ0) is 13.9. The van der Waals surface area contributed by atoms with E-state index in [1.807, 2.05) is 0 Å². The van der Waals surface area contributed by atoms with Crippen LogP contribution in [0.3, 0.4) is 0 Å². The van der Waals surface area contributed by atoms with E-state index in [9.17, 15) is 0 Å². The van der Waals surface area contributed by atoms with Gasteiger partial charge in [0.2, 0.25) is 0 Å². The maximum absolute atomic E-state index is 3.74. The summed E-state index contributed by atoms with van der Waals surface area (Å²) in [6.45, 7) is 13.5. The van der Waals surface area contributed by atoms with Crippen molar-refractivity contribution in [1.29, 1.82) is 0 Å². The van der Waals surface area contributed by atoms with E-state index in [0.717, 1.165) is 18.0 Å². The van der Waals surface area contributed by atoms with Crippen molar-refractivity contribution in [2.45, 2.75) is 78.3 Å². The van der Waals surface area contributed by atoms with E-state index in [1.165, 1.54) is 58.2 Å². The van der Waals surface area contributed by atoms with Crippen molar-refractivity contribution in [2.75, 3.05) is 19.6 Å². The summed E-state index contributed by atoms with van der Waals surface area (Å²) in [6.07, 6.45) is 8.31. The molecule has 0 bridgehead atoms. The Morgan fingerprint density at radius 1 is 1.21 bits per heavy atom. The fourth-order valence-corrected chi connectivity index (χ4v) is 4.13. The molecule has 2 aliphatic rings. The van der Waals surface area contributed by atoms with Crippen LogP contribution < -0.4 is 5.32 Å². The lowest BCUT2D eigenvalue weighted by Crippen LogP contribution is -2.52. The first-order valence-electron chi connectivity index (χ1n) is 8.50. The Morgan fingerprint density at radius 2 is 2.00 bits per heavy atom. The molecule has 2 nitrogen and oxygen atoms in total. The first kappa shape index (κ1) is 15.3. The van der Waals surface area contributed by atoms with Crippen molar-refractivity contribution >= 4 is 0 Å². The van der Waals surface area contributed by atoms with Crippen LogP contribution in [0, 0.1) is 11.3 Å². The highest BCUT2D eigenvalue weighted by Gasteiger charge is 2.37. The summed E-state index contributed by atoms with van der Waals surface area (Å²) in [5, 5.41) is 3.74. The molecule has 1 saturated carbocycles. The van der Waals surface area contributed by atoms with Crippen molar-refractivity contribution in [2.24, 2.45) is 11.3 Å². The highest BCUT2D eigenvalue weighted by molar-refractivity contribution is 4.91. The van der Waals surface area contributed by atoms with Crippen LogP contribution in [0.1, 0.15) is 66.2 Å². The summed E-state index contributed by atoms with van der Waals surface area (Å²) in [4.78, 5) is 2.84. The molecule has 0 aromatic rings. The zero-order valence-electron chi connectivity index (χ0n) is 13.5. The van der Waals surface area contributed by atoms with Crippen LogP contribution in [0.25, 0.3) is 0 Å². The van der Waals surface area contributed by atoms with Gasteiger partial charge < -0.3 is 5.32 Å². The van der Waals surface area contributed by atoms with E-state index in [-0.39, 0.29) is 0 Å². The summed E-state index contributed by atoms with van der Waals surface area (Å²) < 4.78 is 0. The third-order valence-corrected chi connectivity index (χ3v) is 5.45. The first-order valence-corrected chi connectivity index (χ1v) is 8.50. The van der Waals surface area contributed by atoms with Crippen LogP contribution in [0.5, 0.6) is 0 Å². The van der Waals surface area contributed by atoms with Crippen LogP contribution in [-0.4, -0.2) is 36.6 Å². The van der Waals surface area contributed by atoms with Crippen LogP contribution in [-0.2, 0) is 0 Å². The highest BCUT2D eigenvalue weighted by Crippen LogP contribution is 2.39. The fraction of sp³-hybridized carbons (Fsp3) is 1.00. The van der Waals surface area contributed by atoms with Gasteiger partial charge in [-0.3, -0.25) is 4.90 Å². The van der Waals surface area contributed by atoms with Crippen molar-refractivity contribution in [1.82, 2.24) is 10.2 Å². The average Bonchev–Trinajstić information content (AvgIpc) is 2.34. The van der Waals surface area contributed by atoms with E-state index in [0.29, 0.717) is 5.41 Å². The second-order valence-corrected chi connectivity index (χ2v) is 7.65. The molecule has 0 amide bonds. The Hall–Kier alpha value is -0.0800. The van der Waals surface area contributed by atoms with Gasteiger partial charge >= 0.3 is 0 Å². The van der Waals surface area contributed by atoms with E-state index < -0.39 is 0 Å². The first-order chi connectivity index (χ1) is 9.03. The Balaban J connectivity index is 2.03. The fourth-order valence-electron chi connectivity index (χ4n) is 4.13. The molecule has 2 rings (SSSR count). The van der Waals surface area contributed by atoms with Gasteiger partial charge in [0.15, 0.2) is 0 Å². The smallest absolute Gasteiger partial charge is 0.0146 e. The topological polar surface area (TPSA) is 15.3 Å². The molecule has 1 heterocycles. The van der Waals surface area contributed by atoms with E-state index in [2.05, 4.69) is 37.9 Å². The van der Waals surface area contributed by atoms with Crippen LogP contribution in [0.4, 0.5) is 0 Å². The molecule has 2 fully saturated rings. The predicted octanol–water partition coefficient (Wildman–Crippen LogP) is 3.67. The molecule has 0 aromatic heterocycles. The quantitative estimate of drug-likeness (QED) is 0.820. The SMILES string of the molecule is CCC1CCN(C2CCCCC2(C)C)CC(C)CN1. The second-order valence-electron chi connectivity index (χ2n) is 7.65. The molecule has 0 radical (unpaired) electrons. The molecule has 112 valence electrons. The maximum atomic E-state index is 3.74. The minimum absolute atomic E-state index is 0.520. The van der Waals surface area contributed by atoms with Gasteiger partial charge in [-0.25, -0.2) is 0 Å². The third-order valence-electron chi connectivity index (χ3n) is 5.45. The van der Waals surface area contributed by atoms with Crippen LogP contribution in [0.2, 0.25) is 0 Å². The highest BCUT2D eigenvalue weighted by atomic mass is 15.2. The van der Waals surface area contributed by atoms with Crippen LogP contribution >= 0.6 is 0 Å². The number of hydrogen-bond acceptors (Lipinski definition) is 2. The van der Waals surface area contributed by atoms with Gasteiger partial charge in [0.05, 0.1) is 0 Å². The molecule has 0 aromatic carbocycles. The average molecular weight is 266 g/mol. The molecule has 0 spiro atoms. The lowest BCUT2D eigenvalue weighted by molar-refractivity contribution is 0.0312. The minimum atomic E-state index is 0.520. The largest absolute Gasteiger partial charge is 0.314 e. The number of nitrogens with zero attached hydrogens (tertiary/aromatic N) is 1. The Bertz CT molecular complexity index is 274. The summed E-state index contributed by atoms with van der Waals surface area (Å²) >= 11 is 0. The molecule has 1 N–H and O–H groups in total. The van der Waals surface area contributed by atoms with Crippen molar-refractivity contribution in [3.63, 3.8) is 0 Å². The number of hydrogen-bond donors (Lipinski definition) is 1. The monoisotopic (exact) mass is 266 g/mol. The van der Waals surface area contributed by atoms with Gasteiger partial charge in [-0.15, -0.1) is 0 Å². The lowest BCUT2D eigenvalue weighted by atomic mass is 9.72. The van der Waals surface area contributed by atoms with Crippen molar-refractivity contribution < 1.29 is 0 Å². The predicted molar refractivity (Wildman–Crippen MR) is 83.5 cm³/mol. The molecule has 19 heavy (non-hydrogen) atoms. The van der Waals surface area contributed by atoms with Gasteiger partial charge in [0, 0.05) is 18.6 Å². The Morgan fingerprint density at radius 3 is 2.68 bits per heavy atom. The molecule has 3 unspecified atom stereocenters. The lowest BCUT2D eigenvalue weighted by Gasteiger charge is -2.47. The van der Waals surface area contributed by atoms with Gasteiger partial charge in [-0.05, 0) is 50.1 Å². The second kappa shape index (κ2) is 6.58. The molecular formula is C17H34N2. The normalized spacial score (nSPS) is 37.6. The summed E-state index contributed by atoms with van der Waals surface area (Å²) in [7, 11) is 0. The Kier molecular flexibility index (Phi) is 5.30. The molecule has 2 heteroatoms. The third kappa shape index (κ3) is 3.95. The molecular weight excluding hydrogens is 232 g/mol. The zero-order valence-corrected chi connectivity index (χ0v) is 13.5. The van der Waals surface area contributed by atoms with E-state index >= 15 is 0 Å². The summed E-state index contributed by atoms with van der Waals surface area (Å²) in [5.74, 6) is 0.784. The molecule has 1 aliphatic carbocycles. The van der Waals surface area contributed by atoms with Crippen LogP contribution in [0.15, 0.2) is 0 Å². The summed E-state index contributed by atoms with van der Waals surface area (Å²) in [5.41, 5.74) is 0.520. The van der Waals surface area contributed by atoms with Gasteiger partial charge in [-0.2, -0.15) is 0 Å². The van der Waals surface area contributed by atoms with E-state index in [1.54, 1.807) is 0 Å². The van der Waals surface area contributed by atoms with Crippen molar-refractivity contribution in [3.05, 3.63) is 0 Å².